The highest BCUT2D eigenvalue weighted by atomic mass is 16.5. The van der Waals surface area contributed by atoms with Crippen molar-refractivity contribution < 1.29 is 4.74 Å². The molecular formula is C60H39NO. The molecule has 11 aromatic carbocycles. The Bertz CT molecular complexity index is 3460. The fourth-order valence-corrected chi connectivity index (χ4v) is 9.41. The molecule has 290 valence electrons. The van der Waals surface area contributed by atoms with Gasteiger partial charge in [0.05, 0.1) is 0 Å². The van der Waals surface area contributed by atoms with E-state index in [1.54, 1.807) is 0 Å². The van der Waals surface area contributed by atoms with E-state index in [0.29, 0.717) is 0 Å². The van der Waals surface area contributed by atoms with Crippen LogP contribution in [-0.2, 0) is 0 Å². The third-order valence-corrected chi connectivity index (χ3v) is 12.5. The maximum atomic E-state index is 7.07. The monoisotopic (exact) mass is 789 g/mol. The Kier molecular flexibility index (Phi) is 8.53. The number of hydrogen-bond acceptors (Lipinski definition) is 2. The minimum absolute atomic E-state index is 0.848. The van der Waals surface area contributed by atoms with Gasteiger partial charge in [0, 0.05) is 33.6 Å². The molecule has 1 heterocycles. The smallest absolute Gasteiger partial charge is 0.143 e. The maximum Gasteiger partial charge on any atom is 0.143 e. The number of ether oxygens (including phenoxy) is 1. The molecule has 0 aliphatic carbocycles. The lowest BCUT2D eigenvalue weighted by atomic mass is 9.90. The summed E-state index contributed by atoms with van der Waals surface area (Å²) in [6, 6.07) is 85.3. The molecular weight excluding hydrogens is 751 g/mol. The van der Waals surface area contributed by atoms with Gasteiger partial charge in [-0.3, -0.25) is 0 Å². The summed E-state index contributed by atoms with van der Waals surface area (Å²) in [5.74, 6) is 1.71. The zero-order valence-electron chi connectivity index (χ0n) is 33.9. The number of rotatable bonds is 6. The number of anilines is 3. The first-order valence-corrected chi connectivity index (χ1v) is 21.2. The molecule has 0 radical (unpaired) electrons. The average Bonchev–Trinajstić information content (AvgIpc) is 3.49. The van der Waals surface area contributed by atoms with Gasteiger partial charge < -0.3 is 9.64 Å². The van der Waals surface area contributed by atoms with E-state index in [9.17, 15) is 0 Å². The van der Waals surface area contributed by atoms with E-state index < -0.39 is 0 Å². The van der Waals surface area contributed by atoms with Crippen LogP contribution in [0.1, 0.15) is 0 Å². The van der Waals surface area contributed by atoms with Gasteiger partial charge in [-0.1, -0.05) is 176 Å². The molecule has 0 saturated carbocycles. The van der Waals surface area contributed by atoms with Crippen molar-refractivity contribution in [2.45, 2.75) is 0 Å². The predicted octanol–water partition coefficient (Wildman–Crippen LogP) is 17.1. The van der Waals surface area contributed by atoms with Crippen LogP contribution in [0.4, 0.5) is 17.1 Å². The van der Waals surface area contributed by atoms with Gasteiger partial charge in [-0.25, -0.2) is 0 Å². The molecule has 0 bridgehead atoms. The largest absolute Gasteiger partial charge is 0.455 e. The normalized spacial score (nSPS) is 11.7. The number of nitrogens with zero attached hydrogens (tertiary/aromatic N) is 1. The van der Waals surface area contributed by atoms with Gasteiger partial charge in [0.1, 0.15) is 11.5 Å². The Morgan fingerprint density at radius 3 is 1.56 bits per heavy atom. The van der Waals surface area contributed by atoms with Crippen LogP contribution in [0.3, 0.4) is 0 Å². The summed E-state index contributed by atoms with van der Waals surface area (Å²) < 4.78 is 7.07. The maximum absolute atomic E-state index is 7.07. The van der Waals surface area contributed by atoms with E-state index in [0.717, 1.165) is 61.6 Å². The molecule has 11 aromatic rings. The number of hydrogen-bond donors (Lipinski definition) is 0. The third kappa shape index (κ3) is 6.12. The van der Waals surface area contributed by atoms with Crippen molar-refractivity contribution in [3.63, 3.8) is 0 Å². The highest BCUT2D eigenvalue weighted by Crippen LogP contribution is 2.51. The molecule has 2 heteroatoms. The second kappa shape index (κ2) is 14.8. The first-order valence-electron chi connectivity index (χ1n) is 21.2. The molecule has 2 nitrogen and oxygen atoms in total. The van der Waals surface area contributed by atoms with Gasteiger partial charge in [-0.05, 0) is 132 Å². The number of benzene rings is 11. The second-order valence-electron chi connectivity index (χ2n) is 16.1. The van der Waals surface area contributed by atoms with Crippen LogP contribution in [0.2, 0.25) is 0 Å². The first kappa shape index (κ1) is 35.7. The van der Waals surface area contributed by atoms with Gasteiger partial charge in [0.2, 0.25) is 0 Å². The van der Waals surface area contributed by atoms with Crippen molar-refractivity contribution in [3.8, 4) is 67.1 Å². The fraction of sp³-hybridized carbons (Fsp3) is 0. The Labute approximate surface area is 361 Å². The third-order valence-electron chi connectivity index (χ3n) is 12.5. The second-order valence-corrected chi connectivity index (χ2v) is 16.1. The summed E-state index contributed by atoms with van der Waals surface area (Å²) in [4.78, 5) is 2.36. The van der Waals surface area contributed by atoms with Gasteiger partial charge >= 0.3 is 0 Å². The molecule has 0 N–H and O–H groups in total. The number of fused-ring (bicyclic) bond motifs is 10. The molecule has 1 aliphatic rings. The lowest BCUT2D eigenvalue weighted by Gasteiger charge is -2.27. The molecule has 0 aromatic heterocycles. The summed E-state index contributed by atoms with van der Waals surface area (Å²) in [5.41, 5.74) is 14.8. The minimum atomic E-state index is 0.848. The van der Waals surface area contributed by atoms with Crippen molar-refractivity contribution in [3.05, 3.63) is 237 Å². The lowest BCUT2D eigenvalue weighted by Crippen LogP contribution is -2.10. The molecule has 1 aliphatic heterocycles. The first-order chi connectivity index (χ1) is 30.7. The Hall–Kier alpha value is -8.20. The molecule has 0 unspecified atom stereocenters. The molecule has 0 saturated heterocycles. The average molecular weight is 790 g/mol. The predicted molar refractivity (Wildman–Crippen MR) is 261 cm³/mol. The van der Waals surface area contributed by atoms with Crippen molar-refractivity contribution in [1.29, 1.82) is 0 Å². The van der Waals surface area contributed by atoms with E-state index in [1.807, 2.05) is 0 Å². The molecule has 12 rings (SSSR count). The van der Waals surface area contributed by atoms with Crippen LogP contribution in [-0.4, -0.2) is 0 Å². The van der Waals surface area contributed by atoms with Crippen molar-refractivity contribution in [2.75, 3.05) is 4.90 Å². The molecule has 62 heavy (non-hydrogen) atoms. The van der Waals surface area contributed by atoms with Crippen LogP contribution < -0.4 is 9.64 Å². The van der Waals surface area contributed by atoms with E-state index in [4.69, 9.17) is 4.74 Å². The lowest BCUT2D eigenvalue weighted by molar-refractivity contribution is 0.493. The number of para-hydroxylation sites is 1. The summed E-state index contributed by atoms with van der Waals surface area (Å²) in [6.45, 7) is 0. The minimum Gasteiger partial charge on any atom is -0.455 e. The highest BCUT2D eigenvalue weighted by molar-refractivity contribution is 6.14. The summed E-state index contributed by atoms with van der Waals surface area (Å²) >= 11 is 0. The topological polar surface area (TPSA) is 12.5 Å². The Morgan fingerprint density at radius 1 is 0.258 bits per heavy atom. The summed E-state index contributed by atoms with van der Waals surface area (Å²) in [6.07, 6.45) is 0. The zero-order chi connectivity index (χ0) is 41.0. The Morgan fingerprint density at radius 2 is 0.806 bits per heavy atom. The van der Waals surface area contributed by atoms with Crippen LogP contribution >= 0.6 is 0 Å². The van der Waals surface area contributed by atoms with E-state index >= 15 is 0 Å². The van der Waals surface area contributed by atoms with Gasteiger partial charge in [-0.2, -0.15) is 0 Å². The van der Waals surface area contributed by atoms with Crippen LogP contribution in [0.15, 0.2) is 237 Å². The van der Waals surface area contributed by atoms with Gasteiger partial charge in [-0.15, -0.1) is 0 Å². The Balaban J connectivity index is 1.02. The van der Waals surface area contributed by atoms with E-state index in [2.05, 4.69) is 241 Å². The SMILES string of the molecule is c1ccc(-c2ccc(N(c3ccc(-c4cc5ccccc5c5ccccc45)cc3)c3ccc4ccc5c(c4c3)Oc3ccccc3-c3cc(-c4ccccc4)ccc3-5)cc2)cc1. The quantitative estimate of drug-likeness (QED) is 0.156. The van der Waals surface area contributed by atoms with Crippen LogP contribution in [0.5, 0.6) is 11.5 Å². The van der Waals surface area contributed by atoms with Crippen molar-refractivity contribution in [1.82, 2.24) is 0 Å². The summed E-state index contributed by atoms with van der Waals surface area (Å²) in [7, 11) is 0. The fourth-order valence-electron chi connectivity index (χ4n) is 9.41. The standard InChI is InChI=1S/C60H39NO/c1-3-13-40(14-4-1)42-23-30-47(31-24-42)61(48-32-25-43(26-33-48)56-38-46-17-7-8-18-50(46)51-19-9-10-20-52(51)56)49-34-27-44-28-36-55-53-35-29-45(41-15-5-2-6-16-41)37-58(53)54-21-11-12-22-59(54)62-60(55)57(44)39-49/h1-39H. The molecule has 0 spiro atoms. The highest BCUT2D eigenvalue weighted by Gasteiger charge is 2.24. The van der Waals surface area contributed by atoms with Gasteiger partial charge in [0.25, 0.3) is 0 Å². The van der Waals surface area contributed by atoms with Crippen molar-refractivity contribution in [2.24, 2.45) is 0 Å². The van der Waals surface area contributed by atoms with Crippen LogP contribution in [0, 0.1) is 0 Å². The molecule has 0 atom stereocenters. The van der Waals surface area contributed by atoms with Crippen LogP contribution in [0.25, 0.3) is 88.0 Å². The van der Waals surface area contributed by atoms with Gasteiger partial charge in [0.15, 0.2) is 0 Å². The molecule has 0 fully saturated rings. The zero-order valence-corrected chi connectivity index (χ0v) is 33.9. The summed E-state index contributed by atoms with van der Waals surface area (Å²) in [5, 5.41) is 7.21. The molecule has 0 amide bonds. The van der Waals surface area contributed by atoms with E-state index in [-0.39, 0.29) is 0 Å². The van der Waals surface area contributed by atoms with E-state index in [1.165, 1.54) is 54.9 Å². The van der Waals surface area contributed by atoms with Crippen molar-refractivity contribution >= 4 is 49.4 Å².